The third-order valence-electron chi connectivity index (χ3n) is 2.25. The summed E-state index contributed by atoms with van der Waals surface area (Å²) in [5.41, 5.74) is 0.626. The van der Waals surface area contributed by atoms with Gasteiger partial charge in [0, 0.05) is 32.7 Å². The van der Waals surface area contributed by atoms with Crippen molar-refractivity contribution in [2.24, 2.45) is 0 Å². The Morgan fingerprint density at radius 3 is 2.32 bits per heavy atom. The standard InChI is InChI=1S/C12H15F3N2O2/c1-17(2)11(18)7-8-16-9-3-5-10(6-4-9)19-12(13,14)15/h3-6,16H,7-8H2,1-2H3. The molecule has 1 aromatic carbocycles. The predicted molar refractivity (Wildman–Crippen MR) is 64.9 cm³/mol. The largest absolute Gasteiger partial charge is 0.573 e. The van der Waals surface area contributed by atoms with E-state index in [2.05, 4.69) is 10.1 Å². The molecule has 1 aromatic rings. The maximum Gasteiger partial charge on any atom is 0.573 e. The van der Waals surface area contributed by atoms with Crippen LogP contribution in [0.15, 0.2) is 24.3 Å². The summed E-state index contributed by atoms with van der Waals surface area (Å²) in [7, 11) is 3.32. The van der Waals surface area contributed by atoms with Gasteiger partial charge in [0.1, 0.15) is 5.75 Å². The molecule has 0 unspecified atom stereocenters. The number of nitrogens with zero attached hydrogens (tertiary/aromatic N) is 1. The van der Waals surface area contributed by atoms with Gasteiger partial charge in [-0.15, -0.1) is 13.2 Å². The lowest BCUT2D eigenvalue weighted by Gasteiger charge is -2.12. The van der Waals surface area contributed by atoms with E-state index in [1.54, 1.807) is 14.1 Å². The number of halogens is 3. The minimum atomic E-state index is -4.69. The molecule has 7 heteroatoms. The molecule has 0 aliphatic carbocycles. The number of rotatable bonds is 5. The number of hydrogen-bond acceptors (Lipinski definition) is 3. The van der Waals surface area contributed by atoms with Crippen molar-refractivity contribution >= 4 is 11.6 Å². The first-order valence-electron chi connectivity index (χ1n) is 5.58. The van der Waals surface area contributed by atoms with Crippen LogP contribution in [0.2, 0.25) is 0 Å². The Hall–Kier alpha value is -1.92. The Morgan fingerprint density at radius 2 is 1.84 bits per heavy atom. The van der Waals surface area contributed by atoms with Gasteiger partial charge in [0.05, 0.1) is 0 Å². The van der Waals surface area contributed by atoms with Gasteiger partial charge in [-0.3, -0.25) is 4.79 Å². The first-order chi connectivity index (χ1) is 8.78. The molecule has 0 saturated heterocycles. The summed E-state index contributed by atoms with van der Waals surface area (Å²) in [6.07, 6.45) is -4.37. The molecule has 0 radical (unpaired) electrons. The highest BCUT2D eigenvalue weighted by atomic mass is 19.4. The average molecular weight is 276 g/mol. The van der Waals surface area contributed by atoms with Crippen LogP contribution in [-0.2, 0) is 4.79 Å². The molecule has 1 rings (SSSR count). The molecule has 1 N–H and O–H groups in total. The number of alkyl halides is 3. The average Bonchev–Trinajstić information content (AvgIpc) is 2.29. The number of amides is 1. The van der Waals surface area contributed by atoms with Gasteiger partial charge in [-0.2, -0.15) is 0 Å². The Morgan fingerprint density at radius 1 is 1.26 bits per heavy atom. The summed E-state index contributed by atoms with van der Waals surface area (Å²) in [4.78, 5) is 12.8. The number of anilines is 1. The molecule has 19 heavy (non-hydrogen) atoms. The van der Waals surface area contributed by atoms with E-state index in [-0.39, 0.29) is 11.7 Å². The zero-order valence-corrected chi connectivity index (χ0v) is 10.6. The van der Waals surface area contributed by atoms with E-state index in [1.807, 2.05) is 0 Å². The lowest BCUT2D eigenvalue weighted by atomic mass is 10.3. The highest BCUT2D eigenvalue weighted by molar-refractivity contribution is 5.76. The Kier molecular flexibility index (Phi) is 5.02. The van der Waals surface area contributed by atoms with Gasteiger partial charge in [0.25, 0.3) is 0 Å². The molecule has 4 nitrogen and oxygen atoms in total. The predicted octanol–water partition coefficient (Wildman–Crippen LogP) is 2.48. The van der Waals surface area contributed by atoms with Crippen LogP contribution in [0.3, 0.4) is 0 Å². The maximum atomic E-state index is 11.9. The van der Waals surface area contributed by atoms with Crippen molar-refractivity contribution in [3.05, 3.63) is 24.3 Å². The normalized spacial score (nSPS) is 11.0. The summed E-state index contributed by atoms with van der Waals surface area (Å²) in [5, 5.41) is 2.94. The molecule has 0 bridgehead atoms. The van der Waals surface area contributed by atoms with Gasteiger partial charge in [-0.25, -0.2) is 0 Å². The van der Waals surface area contributed by atoms with E-state index in [9.17, 15) is 18.0 Å². The second-order valence-electron chi connectivity index (χ2n) is 4.04. The highest BCUT2D eigenvalue weighted by Crippen LogP contribution is 2.23. The quantitative estimate of drug-likeness (QED) is 0.898. The van der Waals surface area contributed by atoms with Crippen molar-refractivity contribution in [1.82, 2.24) is 4.90 Å². The first kappa shape index (κ1) is 15.1. The summed E-state index contributed by atoms with van der Waals surface area (Å²) < 4.78 is 39.5. The second kappa shape index (κ2) is 6.31. The maximum absolute atomic E-state index is 11.9. The molecule has 0 aliphatic rings. The van der Waals surface area contributed by atoms with Crippen molar-refractivity contribution in [3.8, 4) is 5.75 Å². The van der Waals surface area contributed by atoms with E-state index >= 15 is 0 Å². The molecular weight excluding hydrogens is 261 g/mol. The number of benzene rings is 1. The van der Waals surface area contributed by atoms with E-state index in [1.165, 1.54) is 29.2 Å². The van der Waals surface area contributed by atoms with Gasteiger partial charge < -0.3 is 15.0 Å². The van der Waals surface area contributed by atoms with Crippen LogP contribution in [0, 0.1) is 0 Å². The smallest absolute Gasteiger partial charge is 0.406 e. The fourth-order valence-corrected chi connectivity index (χ4v) is 1.31. The monoisotopic (exact) mass is 276 g/mol. The molecule has 1 amide bonds. The van der Waals surface area contributed by atoms with Crippen LogP contribution in [0.25, 0.3) is 0 Å². The van der Waals surface area contributed by atoms with E-state index < -0.39 is 6.36 Å². The van der Waals surface area contributed by atoms with Gasteiger partial charge in [0.15, 0.2) is 0 Å². The molecule has 0 fully saturated rings. The van der Waals surface area contributed by atoms with Crippen molar-refractivity contribution in [2.45, 2.75) is 12.8 Å². The van der Waals surface area contributed by atoms with Crippen molar-refractivity contribution in [1.29, 1.82) is 0 Å². The zero-order chi connectivity index (χ0) is 14.5. The summed E-state index contributed by atoms with van der Waals surface area (Å²) in [6.45, 7) is 0.413. The van der Waals surface area contributed by atoms with Gasteiger partial charge in [0.2, 0.25) is 5.91 Å². The van der Waals surface area contributed by atoms with Crippen LogP contribution in [0.5, 0.6) is 5.75 Å². The summed E-state index contributed by atoms with van der Waals surface area (Å²) in [5.74, 6) is -0.299. The van der Waals surface area contributed by atoms with Crippen LogP contribution in [0.1, 0.15) is 6.42 Å². The lowest BCUT2D eigenvalue weighted by Crippen LogP contribution is -2.23. The van der Waals surface area contributed by atoms with E-state index in [4.69, 9.17) is 0 Å². The summed E-state index contributed by atoms with van der Waals surface area (Å²) >= 11 is 0. The van der Waals surface area contributed by atoms with Crippen LogP contribution >= 0.6 is 0 Å². The van der Waals surface area contributed by atoms with E-state index in [0.717, 1.165) is 0 Å². The van der Waals surface area contributed by atoms with Crippen LogP contribution in [0.4, 0.5) is 18.9 Å². The fraction of sp³-hybridized carbons (Fsp3) is 0.417. The van der Waals surface area contributed by atoms with Gasteiger partial charge in [-0.05, 0) is 24.3 Å². The SMILES string of the molecule is CN(C)C(=O)CCNc1ccc(OC(F)(F)F)cc1. The van der Waals surface area contributed by atoms with E-state index in [0.29, 0.717) is 18.7 Å². The third kappa shape index (κ3) is 5.98. The third-order valence-corrected chi connectivity index (χ3v) is 2.25. The van der Waals surface area contributed by atoms with Gasteiger partial charge in [-0.1, -0.05) is 0 Å². The minimum Gasteiger partial charge on any atom is -0.406 e. The van der Waals surface area contributed by atoms with Crippen molar-refractivity contribution in [3.63, 3.8) is 0 Å². The van der Waals surface area contributed by atoms with Gasteiger partial charge >= 0.3 is 6.36 Å². The second-order valence-corrected chi connectivity index (χ2v) is 4.04. The zero-order valence-electron chi connectivity index (χ0n) is 10.6. The molecule has 0 saturated carbocycles. The Bertz CT molecular complexity index is 416. The molecule has 0 aromatic heterocycles. The Labute approximate surface area is 109 Å². The molecule has 106 valence electrons. The number of ether oxygens (including phenoxy) is 1. The molecule has 0 spiro atoms. The number of hydrogen-bond donors (Lipinski definition) is 1. The molecule has 0 atom stereocenters. The summed E-state index contributed by atoms with van der Waals surface area (Å²) in [6, 6.07) is 5.34. The molecule has 0 heterocycles. The number of nitrogens with one attached hydrogen (secondary N) is 1. The number of carbonyl (C=O) groups excluding carboxylic acids is 1. The Balaban J connectivity index is 2.42. The highest BCUT2D eigenvalue weighted by Gasteiger charge is 2.30. The van der Waals surface area contributed by atoms with Crippen molar-refractivity contribution in [2.75, 3.05) is 26.0 Å². The first-order valence-corrected chi connectivity index (χ1v) is 5.58. The van der Waals surface area contributed by atoms with Crippen LogP contribution < -0.4 is 10.1 Å². The van der Waals surface area contributed by atoms with Crippen molar-refractivity contribution < 1.29 is 22.7 Å². The molecule has 0 aliphatic heterocycles. The molecular formula is C12H15F3N2O2. The minimum absolute atomic E-state index is 0.0236. The topological polar surface area (TPSA) is 41.6 Å². The number of carbonyl (C=O) groups is 1. The fourth-order valence-electron chi connectivity index (χ4n) is 1.31. The lowest BCUT2D eigenvalue weighted by molar-refractivity contribution is -0.274. The van der Waals surface area contributed by atoms with Crippen LogP contribution in [-0.4, -0.2) is 37.8 Å².